The van der Waals surface area contributed by atoms with E-state index in [-0.39, 0.29) is 11.8 Å². The van der Waals surface area contributed by atoms with Crippen molar-refractivity contribution in [3.63, 3.8) is 0 Å². The Balaban J connectivity index is 2.28. The number of carbonyl (C=O) groups is 2. The summed E-state index contributed by atoms with van der Waals surface area (Å²) >= 11 is 1.42. The highest BCUT2D eigenvalue weighted by atomic mass is 32.1. The summed E-state index contributed by atoms with van der Waals surface area (Å²) < 4.78 is 0. The molecule has 0 aliphatic heterocycles. The van der Waals surface area contributed by atoms with Crippen LogP contribution >= 0.6 is 11.3 Å². The van der Waals surface area contributed by atoms with E-state index in [1.54, 1.807) is 17.9 Å². The fraction of sp³-hybridized carbons (Fsp3) is 0.571. The first kappa shape index (κ1) is 16.7. The van der Waals surface area contributed by atoms with Crippen LogP contribution in [-0.4, -0.2) is 61.9 Å². The van der Waals surface area contributed by atoms with Gasteiger partial charge >= 0.3 is 0 Å². The third-order valence-corrected chi connectivity index (χ3v) is 3.76. The molecule has 1 N–H and O–H groups in total. The van der Waals surface area contributed by atoms with Crippen LogP contribution in [0, 0.1) is 0 Å². The maximum Gasteiger partial charge on any atom is 0.261 e. The summed E-state index contributed by atoms with van der Waals surface area (Å²) in [5, 5.41) is 4.71. The fourth-order valence-electron chi connectivity index (χ4n) is 1.80. The van der Waals surface area contributed by atoms with Gasteiger partial charge in [0.2, 0.25) is 5.91 Å². The Kier molecular flexibility index (Phi) is 7.25. The molecule has 6 heteroatoms. The van der Waals surface area contributed by atoms with Gasteiger partial charge in [-0.2, -0.15) is 0 Å². The summed E-state index contributed by atoms with van der Waals surface area (Å²) in [5.41, 5.74) is 0. The van der Waals surface area contributed by atoms with E-state index in [2.05, 4.69) is 10.2 Å². The first-order valence-corrected chi connectivity index (χ1v) is 7.60. The lowest BCUT2D eigenvalue weighted by Crippen LogP contribution is -2.38. The minimum absolute atomic E-state index is 0.0501. The first-order chi connectivity index (χ1) is 9.50. The topological polar surface area (TPSA) is 52.7 Å². The predicted octanol–water partition coefficient (Wildman–Crippen LogP) is 1.28. The van der Waals surface area contributed by atoms with E-state index in [0.29, 0.717) is 18.0 Å². The second-order valence-electron chi connectivity index (χ2n) is 4.90. The molecule has 0 unspecified atom stereocenters. The van der Waals surface area contributed by atoms with Gasteiger partial charge in [0, 0.05) is 26.6 Å². The zero-order chi connectivity index (χ0) is 15.0. The Morgan fingerprint density at radius 3 is 2.55 bits per heavy atom. The second kappa shape index (κ2) is 8.71. The monoisotopic (exact) mass is 297 g/mol. The van der Waals surface area contributed by atoms with Crippen molar-refractivity contribution in [3.05, 3.63) is 22.4 Å². The second-order valence-corrected chi connectivity index (χ2v) is 5.84. The molecule has 1 heterocycles. The lowest BCUT2D eigenvalue weighted by atomic mass is 10.3. The predicted molar refractivity (Wildman–Crippen MR) is 82.1 cm³/mol. The molecule has 0 saturated heterocycles. The van der Waals surface area contributed by atoms with Gasteiger partial charge in [-0.1, -0.05) is 6.07 Å². The molecule has 0 saturated carbocycles. The van der Waals surface area contributed by atoms with Gasteiger partial charge in [-0.05, 0) is 38.5 Å². The Morgan fingerprint density at radius 2 is 2.00 bits per heavy atom. The lowest BCUT2D eigenvalue weighted by molar-refractivity contribution is -0.128. The van der Waals surface area contributed by atoms with Gasteiger partial charge in [0.15, 0.2) is 0 Å². The molecule has 1 aromatic heterocycles. The van der Waals surface area contributed by atoms with E-state index < -0.39 is 0 Å². The zero-order valence-corrected chi connectivity index (χ0v) is 13.2. The maximum atomic E-state index is 11.7. The van der Waals surface area contributed by atoms with Crippen LogP contribution in [-0.2, 0) is 4.79 Å². The smallest absolute Gasteiger partial charge is 0.261 e. The van der Waals surface area contributed by atoms with Crippen molar-refractivity contribution < 1.29 is 9.59 Å². The number of rotatable bonds is 8. The van der Waals surface area contributed by atoms with Crippen molar-refractivity contribution in [1.82, 2.24) is 15.1 Å². The minimum Gasteiger partial charge on any atom is -0.350 e. The fourth-order valence-corrected chi connectivity index (χ4v) is 2.44. The normalized spacial score (nSPS) is 10.6. The van der Waals surface area contributed by atoms with Crippen molar-refractivity contribution in [2.45, 2.75) is 13.3 Å². The average Bonchev–Trinajstić information content (AvgIpc) is 2.89. The standard InChI is InChI=1S/C14H23N3O2S/c1-12(18)17(9-5-8-16(2)3)10-7-15-14(19)13-6-4-11-20-13/h4,6,11H,5,7-10H2,1-3H3,(H,15,19). The SMILES string of the molecule is CC(=O)N(CCCN(C)C)CCNC(=O)c1cccs1. The van der Waals surface area contributed by atoms with Gasteiger partial charge < -0.3 is 15.1 Å². The highest BCUT2D eigenvalue weighted by Crippen LogP contribution is 2.07. The maximum absolute atomic E-state index is 11.7. The van der Waals surface area contributed by atoms with Crippen LogP contribution in [0.2, 0.25) is 0 Å². The summed E-state index contributed by atoms with van der Waals surface area (Å²) in [4.78, 5) is 27.8. The molecule has 1 aromatic rings. The van der Waals surface area contributed by atoms with E-state index in [9.17, 15) is 9.59 Å². The molecule has 1 rings (SSSR count). The molecule has 0 spiro atoms. The van der Waals surface area contributed by atoms with Crippen LogP contribution in [0.5, 0.6) is 0 Å². The van der Waals surface area contributed by atoms with Gasteiger partial charge in [0.25, 0.3) is 5.91 Å². The number of thiophene rings is 1. The van der Waals surface area contributed by atoms with Gasteiger partial charge in [0.05, 0.1) is 4.88 Å². The molecule has 0 aromatic carbocycles. The largest absolute Gasteiger partial charge is 0.350 e. The first-order valence-electron chi connectivity index (χ1n) is 6.72. The van der Waals surface area contributed by atoms with E-state index in [1.165, 1.54) is 11.3 Å². The molecule has 112 valence electrons. The molecule has 5 nitrogen and oxygen atoms in total. The van der Waals surface area contributed by atoms with Crippen molar-refractivity contribution >= 4 is 23.2 Å². The molecule has 2 amide bonds. The average molecular weight is 297 g/mol. The Bertz CT molecular complexity index is 418. The Labute approximate surface area is 124 Å². The van der Waals surface area contributed by atoms with Crippen LogP contribution < -0.4 is 5.32 Å². The van der Waals surface area contributed by atoms with Crippen LogP contribution in [0.15, 0.2) is 17.5 Å². The summed E-state index contributed by atoms with van der Waals surface area (Å²) in [6.45, 7) is 4.28. The third kappa shape index (κ3) is 6.16. The number of carbonyl (C=O) groups excluding carboxylic acids is 2. The van der Waals surface area contributed by atoms with Crippen LogP contribution in [0.25, 0.3) is 0 Å². The van der Waals surface area contributed by atoms with Gasteiger partial charge in [0.1, 0.15) is 0 Å². The molecule has 0 fully saturated rings. The van der Waals surface area contributed by atoms with E-state index >= 15 is 0 Å². The number of nitrogens with one attached hydrogen (secondary N) is 1. The van der Waals surface area contributed by atoms with Crippen molar-refractivity contribution in [1.29, 1.82) is 0 Å². The molecular weight excluding hydrogens is 274 g/mol. The van der Waals surface area contributed by atoms with Gasteiger partial charge in [-0.3, -0.25) is 9.59 Å². The highest BCUT2D eigenvalue weighted by molar-refractivity contribution is 7.12. The highest BCUT2D eigenvalue weighted by Gasteiger charge is 2.10. The van der Waals surface area contributed by atoms with Crippen molar-refractivity contribution in [2.24, 2.45) is 0 Å². The molecule has 0 aliphatic carbocycles. The van der Waals surface area contributed by atoms with Gasteiger partial charge in [-0.25, -0.2) is 0 Å². The Morgan fingerprint density at radius 1 is 1.25 bits per heavy atom. The van der Waals surface area contributed by atoms with Gasteiger partial charge in [-0.15, -0.1) is 11.3 Å². The Hall–Kier alpha value is -1.40. The summed E-state index contributed by atoms with van der Waals surface area (Å²) in [6, 6.07) is 3.64. The molecular formula is C14H23N3O2S. The summed E-state index contributed by atoms with van der Waals surface area (Å²) in [5.74, 6) is -0.0223. The van der Waals surface area contributed by atoms with E-state index in [4.69, 9.17) is 0 Å². The van der Waals surface area contributed by atoms with Crippen LogP contribution in [0.1, 0.15) is 23.0 Å². The summed E-state index contributed by atoms with van der Waals surface area (Å²) in [7, 11) is 4.03. The third-order valence-electron chi connectivity index (χ3n) is 2.89. The lowest BCUT2D eigenvalue weighted by Gasteiger charge is -2.22. The molecule has 0 aliphatic rings. The molecule has 20 heavy (non-hydrogen) atoms. The van der Waals surface area contributed by atoms with Crippen LogP contribution in [0.4, 0.5) is 0 Å². The van der Waals surface area contributed by atoms with Crippen molar-refractivity contribution in [3.8, 4) is 0 Å². The van der Waals surface area contributed by atoms with Crippen LogP contribution in [0.3, 0.4) is 0 Å². The van der Waals surface area contributed by atoms with E-state index in [1.807, 2.05) is 25.5 Å². The molecule has 0 radical (unpaired) electrons. The number of hydrogen-bond acceptors (Lipinski definition) is 4. The summed E-state index contributed by atoms with van der Waals surface area (Å²) in [6.07, 6.45) is 0.936. The zero-order valence-electron chi connectivity index (χ0n) is 12.4. The molecule has 0 atom stereocenters. The number of hydrogen-bond donors (Lipinski definition) is 1. The minimum atomic E-state index is -0.0724. The quantitative estimate of drug-likeness (QED) is 0.786. The van der Waals surface area contributed by atoms with Crippen molar-refractivity contribution in [2.75, 3.05) is 40.3 Å². The number of nitrogens with zero attached hydrogens (tertiary/aromatic N) is 2. The molecule has 0 bridgehead atoms. The number of amides is 2. The van der Waals surface area contributed by atoms with E-state index in [0.717, 1.165) is 19.5 Å².